The first-order valence-corrected chi connectivity index (χ1v) is 5.09. The lowest BCUT2D eigenvalue weighted by atomic mass is 10.1. The summed E-state index contributed by atoms with van der Waals surface area (Å²) in [7, 11) is 0. The second-order valence-corrected chi connectivity index (χ2v) is 3.65. The first-order valence-electron chi connectivity index (χ1n) is 5.09. The number of aromatic hydroxyl groups is 1. The molecule has 4 heteroatoms. The Balaban J connectivity index is 2.08. The molecular formula is C11H14N2O2. The van der Waals surface area contributed by atoms with Crippen molar-refractivity contribution >= 4 is 11.6 Å². The van der Waals surface area contributed by atoms with Crippen LogP contribution in [0.3, 0.4) is 0 Å². The van der Waals surface area contributed by atoms with Crippen molar-refractivity contribution < 1.29 is 9.90 Å². The molecular weight excluding hydrogens is 192 g/mol. The molecule has 3 N–H and O–H groups in total. The summed E-state index contributed by atoms with van der Waals surface area (Å²) in [6.07, 6.45) is 1.77. The first-order chi connectivity index (χ1) is 7.27. The minimum absolute atomic E-state index is 0.00417. The number of phenols is 1. The van der Waals surface area contributed by atoms with E-state index in [4.69, 9.17) is 0 Å². The summed E-state index contributed by atoms with van der Waals surface area (Å²) in [5.41, 5.74) is 0.611. The van der Waals surface area contributed by atoms with E-state index in [1.54, 1.807) is 18.2 Å². The van der Waals surface area contributed by atoms with E-state index >= 15 is 0 Å². The number of nitrogens with one attached hydrogen (secondary N) is 2. The third kappa shape index (κ3) is 2.21. The van der Waals surface area contributed by atoms with Crippen molar-refractivity contribution in [1.29, 1.82) is 0 Å². The average molecular weight is 206 g/mol. The molecule has 80 valence electrons. The van der Waals surface area contributed by atoms with Crippen LogP contribution in [0.15, 0.2) is 24.3 Å². The predicted octanol–water partition coefficient (Wildman–Crippen LogP) is 1.08. The third-order valence-corrected chi connectivity index (χ3v) is 2.52. The Bertz CT molecular complexity index is 365. The predicted molar refractivity (Wildman–Crippen MR) is 57.8 cm³/mol. The molecule has 0 bridgehead atoms. The summed E-state index contributed by atoms with van der Waals surface area (Å²) in [5.74, 6) is 0.181. The van der Waals surface area contributed by atoms with Gasteiger partial charge in [0.2, 0.25) is 5.91 Å². The topological polar surface area (TPSA) is 61.4 Å². The van der Waals surface area contributed by atoms with Gasteiger partial charge in [-0.25, -0.2) is 0 Å². The lowest BCUT2D eigenvalue weighted by molar-refractivity contribution is -0.123. The number of para-hydroxylation sites is 2. The highest BCUT2D eigenvalue weighted by Gasteiger charge is 2.21. The van der Waals surface area contributed by atoms with Gasteiger partial charge < -0.3 is 15.7 Å². The Labute approximate surface area is 88.3 Å². The fourth-order valence-corrected chi connectivity index (χ4v) is 1.69. The van der Waals surface area contributed by atoms with Crippen LogP contribution in [0.5, 0.6) is 5.75 Å². The lowest BCUT2D eigenvalue weighted by Gasteiger charge is -2.23. The molecule has 1 unspecified atom stereocenters. The lowest BCUT2D eigenvalue weighted by Crippen LogP contribution is -2.44. The number of anilines is 1. The minimum Gasteiger partial charge on any atom is -0.506 e. The smallest absolute Gasteiger partial charge is 0.242 e. The van der Waals surface area contributed by atoms with Crippen molar-refractivity contribution in [2.24, 2.45) is 0 Å². The molecule has 15 heavy (non-hydrogen) atoms. The molecule has 1 aliphatic rings. The maximum Gasteiger partial charge on any atom is 0.242 e. The van der Waals surface area contributed by atoms with Gasteiger partial charge in [-0.1, -0.05) is 12.1 Å². The van der Waals surface area contributed by atoms with Crippen molar-refractivity contribution in [3.8, 4) is 5.75 Å². The number of phenolic OH excluding ortho intramolecular Hbond substituents is 1. The molecule has 0 radical (unpaired) electrons. The van der Waals surface area contributed by atoms with Gasteiger partial charge in [0.1, 0.15) is 11.8 Å². The van der Waals surface area contributed by atoms with E-state index in [9.17, 15) is 9.90 Å². The monoisotopic (exact) mass is 206 g/mol. The van der Waals surface area contributed by atoms with E-state index < -0.39 is 0 Å². The number of amides is 1. The fourth-order valence-electron chi connectivity index (χ4n) is 1.69. The molecule has 4 nitrogen and oxygen atoms in total. The molecule has 1 saturated heterocycles. The van der Waals surface area contributed by atoms with Crippen molar-refractivity contribution in [2.75, 3.05) is 11.9 Å². The highest BCUT2D eigenvalue weighted by atomic mass is 16.3. The Hall–Kier alpha value is -1.71. The van der Waals surface area contributed by atoms with E-state index in [0.717, 1.165) is 19.4 Å². The largest absolute Gasteiger partial charge is 0.506 e. The maximum absolute atomic E-state index is 11.5. The Morgan fingerprint density at radius 2 is 2.20 bits per heavy atom. The van der Waals surface area contributed by atoms with Crippen LogP contribution in [0.25, 0.3) is 0 Å². The van der Waals surface area contributed by atoms with E-state index in [1.807, 2.05) is 6.07 Å². The van der Waals surface area contributed by atoms with Gasteiger partial charge in [-0.15, -0.1) is 0 Å². The van der Waals surface area contributed by atoms with Gasteiger partial charge in [-0.05, 0) is 25.0 Å². The van der Waals surface area contributed by atoms with E-state index in [2.05, 4.69) is 10.6 Å². The molecule has 0 aromatic heterocycles. The first kappa shape index (κ1) is 9.83. The van der Waals surface area contributed by atoms with Gasteiger partial charge in [-0.2, -0.15) is 0 Å². The zero-order valence-electron chi connectivity index (χ0n) is 8.36. The zero-order chi connectivity index (χ0) is 10.7. The molecule has 0 aliphatic carbocycles. The molecule has 1 amide bonds. The van der Waals surface area contributed by atoms with Crippen LogP contribution < -0.4 is 10.6 Å². The van der Waals surface area contributed by atoms with E-state index in [1.165, 1.54) is 0 Å². The Morgan fingerprint density at radius 1 is 1.40 bits per heavy atom. The number of piperidine rings is 1. The zero-order valence-corrected chi connectivity index (χ0v) is 8.36. The van der Waals surface area contributed by atoms with Crippen molar-refractivity contribution in [3.05, 3.63) is 24.3 Å². The van der Waals surface area contributed by atoms with Gasteiger partial charge in [0.25, 0.3) is 0 Å². The summed E-state index contributed by atoms with van der Waals surface area (Å²) in [6, 6.07) is 6.71. The number of hydrogen-bond acceptors (Lipinski definition) is 3. The summed E-state index contributed by atoms with van der Waals surface area (Å²) in [6.45, 7) is 0.748. The van der Waals surface area contributed by atoms with Gasteiger partial charge in [0.05, 0.1) is 5.69 Å². The van der Waals surface area contributed by atoms with Gasteiger partial charge in [0, 0.05) is 6.54 Å². The highest BCUT2D eigenvalue weighted by Crippen LogP contribution is 2.23. The van der Waals surface area contributed by atoms with E-state index in [-0.39, 0.29) is 17.7 Å². The molecule has 1 atom stereocenters. The maximum atomic E-state index is 11.5. The quantitative estimate of drug-likeness (QED) is 0.635. The molecule has 1 aromatic rings. The molecule has 0 spiro atoms. The summed E-state index contributed by atoms with van der Waals surface area (Å²) >= 11 is 0. The van der Waals surface area contributed by atoms with Gasteiger partial charge in [0.15, 0.2) is 0 Å². The van der Waals surface area contributed by atoms with Crippen LogP contribution >= 0.6 is 0 Å². The second kappa shape index (κ2) is 4.21. The molecule has 1 aromatic carbocycles. The number of rotatable bonds is 2. The Morgan fingerprint density at radius 3 is 2.93 bits per heavy atom. The number of carbonyl (C=O) groups excluding carboxylic acids is 1. The fraction of sp³-hybridized carbons (Fsp3) is 0.364. The molecule has 2 rings (SSSR count). The number of benzene rings is 1. The van der Waals surface area contributed by atoms with Crippen LogP contribution in [0.2, 0.25) is 0 Å². The van der Waals surface area contributed by atoms with Crippen LogP contribution in [-0.4, -0.2) is 23.6 Å². The highest BCUT2D eigenvalue weighted by molar-refractivity contribution is 5.85. The average Bonchev–Trinajstić information content (AvgIpc) is 2.24. The van der Waals surface area contributed by atoms with Crippen LogP contribution in [-0.2, 0) is 4.79 Å². The normalized spacial score (nSPS) is 20.8. The second-order valence-electron chi connectivity index (χ2n) is 3.65. The number of hydrogen-bond donors (Lipinski definition) is 3. The Kier molecular flexibility index (Phi) is 2.76. The van der Waals surface area contributed by atoms with Crippen LogP contribution in [0.1, 0.15) is 12.8 Å². The van der Waals surface area contributed by atoms with Crippen LogP contribution in [0.4, 0.5) is 5.69 Å². The van der Waals surface area contributed by atoms with E-state index in [0.29, 0.717) is 5.69 Å². The molecule has 1 heterocycles. The standard InChI is InChI=1S/C11H14N2O2/c14-10-6-2-1-4-8(10)13-9-5-3-7-12-11(9)15/h1-2,4,6,9,13-14H,3,5,7H2,(H,12,15). The summed E-state index contributed by atoms with van der Waals surface area (Å²) < 4.78 is 0. The van der Waals surface area contributed by atoms with Crippen molar-refractivity contribution in [1.82, 2.24) is 5.32 Å². The van der Waals surface area contributed by atoms with Gasteiger partial charge >= 0.3 is 0 Å². The van der Waals surface area contributed by atoms with Crippen molar-refractivity contribution in [3.63, 3.8) is 0 Å². The van der Waals surface area contributed by atoms with Gasteiger partial charge in [-0.3, -0.25) is 4.79 Å². The molecule has 1 aliphatic heterocycles. The third-order valence-electron chi connectivity index (χ3n) is 2.52. The molecule has 1 fully saturated rings. The summed E-state index contributed by atoms with van der Waals surface area (Å²) in [5, 5.41) is 15.4. The van der Waals surface area contributed by atoms with Crippen LogP contribution in [0, 0.1) is 0 Å². The number of carbonyl (C=O) groups is 1. The van der Waals surface area contributed by atoms with Crippen molar-refractivity contribution in [2.45, 2.75) is 18.9 Å². The minimum atomic E-state index is -0.230. The SMILES string of the molecule is O=C1NCCCC1Nc1ccccc1O. The summed E-state index contributed by atoms with van der Waals surface area (Å²) in [4.78, 5) is 11.5. The molecule has 0 saturated carbocycles.